The van der Waals surface area contributed by atoms with Gasteiger partial charge in [-0.3, -0.25) is 0 Å². The minimum absolute atomic E-state index is 0.742. The molecule has 3 aromatic carbocycles. The van der Waals surface area contributed by atoms with Crippen molar-refractivity contribution in [2.75, 3.05) is 6.61 Å². The number of unbranched alkanes of at least 4 members (excludes halogenated alkanes) is 1. The Morgan fingerprint density at radius 1 is 0.720 bits per heavy atom. The van der Waals surface area contributed by atoms with Gasteiger partial charge in [0.05, 0.1) is 6.61 Å². The molecule has 0 amide bonds. The Balaban J connectivity index is 1.71. The predicted octanol–water partition coefficient (Wildman–Crippen LogP) is 6.66. The van der Waals surface area contributed by atoms with E-state index >= 15 is 0 Å². The highest BCUT2D eigenvalue weighted by molar-refractivity contribution is 6.14. The second kappa shape index (κ2) is 5.55. The third kappa shape index (κ3) is 2.27. The minimum Gasteiger partial charge on any atom is -0.494 e. The van der Waals surface area contributed by atoms with E-state index in [0.717, 1.165) is 69.1 Å². The summed E-state index contributed by atoms with van der Waals surface area (Å²) in [5.74, 6) is 0.883. The molecule has 2 aromatic heterocycles. The molecular formula is C22H18O3. The summed E-state index contributed by atoms with van der Waals surface area (Å²) in [4.78, 5) is 0. The number of furan rings is 2. The van der Waals surface area contributed by atoms with E-state index in [1.54, 1.807) is 0 Å². The van der Waals surface area contributed by atoms with Gasteiger partial charge in [-0.2, -0.15) is 0 Å². The van der Waals surface area contributed by atoms with Crippen LogP contribution in [-0.2, 0) is 0 Å². The molecule has 3 nitrogen and oxygen atoms in total. The fourth-order valence-electron chi connectivity index (χ4n) is 3.40. The van der Waals surface area contributed by atoms with E-state index in [1.165, 1.54) is 0 Å². The Bertz CT molecular complexity index is 1210. The number of fused-ring (bicyclic) bond motifs is 6. The summed E-state index contributed by atoms with van der Waals surface area (Å²) in [6.45, 7) is 2.90. The predicted molar refractivity (Wildman–Crippen MR) is 101 cm³/mol. The van der Waals surface area contributed by atoms with Gasteiger partial charge < -0.3 is 13.6 Å². The van der Waals surface area contributed by atoms with E-state index in [-0.39, 0.29) is 0 Å². The van der Waals surface area contributed by atoms with E-state index in [9.17, 15) is 0 Å². The molecule has 0 fully saturated rings. The lowest BCUT2D eigenvalue weighted by Gasteiger charge is -2.04. The molecule has 0 aliphatic carbocycles. The SMILES string of the molecule is CCCCOc1ccc2oc3cc4c(cc3c2c1)oc1ccccc14. The summed E-state index contributed by atoms with van der Waals surface area (Å²) in [5, 5.41) is 4.32. The summed E-state index contributed by atoms with van der Waals surface area (Å²) in [6.07, 6.45) is 2.19. The highest BCUT2D eigenvalue weighted by Gasteiger charge is 2.13. The summed E-state index contributed by atoms with van der Waals surface area (Å²) < 4.78 is 17.9. The van der Waals surface area contributed by atoms with Gasteiger partial charge in [0.25, 0.3) is 0 Å². The molecule has 124 valence electrons. The summed E-state index contributed by atoms with van der Waals surface area (Å²) in [7, 11) is 0. The summed E-state index contributed by atoms with van der Waals surface area (Å²) in [6, 6.07) is 18.3. The topological polar surface area (TPSA) is 35.5 Å². The Labute approximate surface area is 144 Å². The number of hydrogen-bond acceptors (Lipinski definition) is 3. The maximum Gasteiger partial charge on any atom is 0.136 e. The molecule has 0 atom stereocenters. The molecule has 2 heterocycles. The summed E-state index contributed by atoms with van der Waals surface area (Å²) >= 11 is 0. The number of rotatable bonds is 4. The van der Waals surface area contributed by atoms with Crippen LogP contribution in [0.1, 0.15) is 19.8 Å². The zero-order chi connectivity index (χ0) is 16.8. The van der Waals surface area contributed by atoms with Crippen molar-refractivity contribution in [3.8, 4) is 5.75 Å². The van der Waals surface area contributed by atoms with Gasteiger partial charge in [-0.15, -0.1) is 0 Å². The molecule has 0 unspecified atom stereocenters. The van der Waals surface area contributed by atoms with Gasteiger partial charge in [0.15, 0.2) is 0 Å². The van der Waals surface area contributed by atoms with Crippen molar-refractivity contribution in [3.05, 3.63) is 54.6 Å². The van der Waals surface area contributed by atoms with Crippen LogP contribution in [0.4, 0.5) is 0 Å². The maximum atomic E-state index is 6.06. The van der Waals surface area contributed by atoms with Crippen molar-refractivity contribution in [2.24, 2.45) is 0 Å². The van der Waals surface area contributed by atoms with Crippen LogP contribution in [0, 0.1) is 0 Å². The first kappa shape index (κ1) is 14.4. The Morgan fingerprint density at radius 2 is 1.40 bits per heavy atom. The molecule has 0 saturated heterocycles. The van der Waals surface area contributed by atoms with Crippen molar-refractivity contribution >= 4 is 43.9 Å². The van der Waals surface area contributed by atoms with Crippen LogP contribution in [0.3, 0.4) is 0 Å². The van der Waals surface area contributed by atoms with Gasteiger partial charge in [0.2, 0.25) is 0 Å². The van der Waals surface area contributed by atoms with Crippen LogP contribution < -0.4 is 4.74 Å². The van der Waals surface area contributed by atoms with Gasteiger partial charge >= 0.3 is 0 Å². The van der Waals surface area contributed by atoms with Gasteiger partial charge in [-0.05, 0) is 42.8 Å². The van der Waals surface area contributed by atoms with Gasteiger partial charge in [-0.1, -0.05) is 31.5 Å². The Hall–Kier alpha value is -2.94. The molecule has 3 heteroatoms. The third-order valence-corrected chi connectivity index (χ3v) is 4.71. The first-order chi connectivity index (χ1) is 12.3. The number of benzene rings is 3. The van der Waals surface area contributed by atoms with Crippen molar-refractivity contribution in [2.45, 2.75) is 19.8 Å². The Kier molecular flexibility index (Phi) is 3.20. The average molecular weight is 330 g/mol. The third-order valence-electron chi connectivity index (χ3n) is 4.71. The zero-order valence-electron chi connectivity index (χ0n) is 14.0. The second-order valence-electron chi connectivity index (χ2n) is 6.40. The number of ether oxygens (including phenoxy) is 1. The first-order valence-electron chi connectivity index (χ1n) is 8.74. The fourth-order valence-corrected chi connectivity index (χ4v) is 3.40. The van der Waals surface area contributed by atoms with Crippen molar-refractivity contribution in [3.63, 3.8) is 0 Å². The average Bonchev–Trinajstić information content (AvgIpc) is 3.17. The molecule has 25 heavy (non-hydrogen) atoms. The van der Waals surface area contributed by atoms with E-state index < -0.39 is 0 Å². The lowest BCUT2D eigenvalue weighted by Crippen LogP contribution is -1.95. The van der Waals surface area contributed by atoms with Crippen LogP contribution in [0.15, 0.2) is 63.4 Å². The van der Waals surface area contributed by atoms with E-state index in [2.05, 4.69) is 31.2 Å². The van der Waals surface area contributed by atoms with Crippen LogP contribution in [0.2, 0.25) is 0 Å². The molecule has 0 aliphatic rings. The van der Waals surface area contributed by atoms with Crippen LogP contribution in [0.5, 0.6) is 5.75 Å². The molecule has 5 aromatic rings. The lowest BCUT2D eigenvalue weighted by atomic mass is 10.1. The van der Waals surface area contributed by atoms with Crippen molar-refractivity contribution < 1.29 is 13.6 Å². The highest BCUT2D eigenvalue weighted by Crippen LogP contribution is 2.37. The van der Waals surface area contributed by atoms with E-state index in [1.807, 2.05) is 30.3 Å². The smallest absolute Gasteiger partial charge is 0.136 e. The molecule has 0 spiro atoms. The molecule has 0 bridgehead atoms. The van der Waals surface area contributed by atoms with E-state index in [4.69, 9.17) is 13.6 Å². The van der Waals surface area contributed by atoms with Crippen molar-refractivity contribution in [1.29, 1.82) is 0 Å². The molecule has 0 N–H and O–H groups in total. The molecule has 0 saturated carbocycles. The summed E-state index contributed by atoms with van der Waals surface area (Å²) in [5.41, 5.74) is 3.53. The van der Waals surface area contributed by atoms with Crippen molar-refractivity contribution in [1.82, 2.24) is 0 Å². The standard InChI is InChI=1S/C22H18O3/c1-2-3-10-23-14-8-9-20-16(11-14)18-13-21-17(12-22(18)25-20)15-6-4-5-7-19(15)24-21/h4-9,11-13H,2-3,10H2,1H3. The highest BCUT2D eigenvalue weighted by atomic mass is 16.5. The quantitative estimate of drug-likeness (QED) is 0.345. The fraction of sp³-hybridized carbons (Fsp3) is 0.182. The number of para-hydroxylation sites is 1. The Morgan fingerprint density at radius 3 is 2.20 bits per heavy atom. The minimum atomic E-state index is 0.742. The molecule has 0 radical (unpaired) electrons. The van der Waals surface area contributed by atoms with E-state index in [0.29, 0.717) is 0 Å². The number of hydrogen-bond donors (Lipinski definition) is 0. The molecule has 0 aliphatic heterocycles. The van der Waals surface area contributed by atoms with Crippen LogP contribution in [-0.4, -0.2) is 6.61 Å². The largest absolute Gasteiger partial charge is 0.494 e. The van der Waals surface area contributed by atoms with Crippen LogP contribution in [0.25, 0.3) is 43.9 Å². The van der Waals surface area contributed by atoms with Gasteiger partial charge in [-0.25, -0.2) is 0 Å². The first-order valence-corrected chi connectivity index (χ1v) is 8.74. The van der Waals surface area contributed by atoms with Gasteiger partial charge in [0, 0.05) is 21.5 Å². The second-order valence-corrected chi connectivity index (χ2v) is 6.40. The van der Waals surface area contributed by atoms with Crippen LogP contribution >= 0.6 is 0 Å². The zero-order valence-corrected chi connectivity index (χ0v) is 14.0. The lowest BCUT2D eigenvalue weighted by molar-refractivity contribution is 0.310. The maximum absolute atomic E-state index is 6.06. The monoisotopic (exact) mass is 330 g/mol. The van der Waals surface area contributed by atoms with Gasteiger partial charge in [0.1, 0.15) is 28.1 Å². The normalized spacial score (nSPS) is 11.9. The molecule has 5 rings (SSSR count). The molecular weight excluding hydrogens is 312 g/mol.